The lowest BCUT2D eigenvalue weighted by Gasteiger charge is -2.28. The summed E-state index contributed by atoms with van der Waals surface area (Å²) in [4.78, 5) is 15.6. The van der Waals surface area contributed by atoms with Gasteiger partial charge in [0.25, 0.3) is 0 Å². The fraction of sp³-hybridized carbons (Fsp3) is 0.500. The van der Waals surface area contributed by atoms with Gasteiger partial charge in [0.1, 0.15) is 24.1 Å². The number of methoxy groups -OCH3 is 1. The van der Waals surface area contributed by atoms with Gasteiger partial charge >= 0.3 is 6.18 Å². The highest BCUT2D eigenvalue weighted by atomic mass is 19.4. The maximum absolute atomic E-state index is 13.3. The number of halogens is 3. The van der Waals surface area contributed by atoms with Crippen LogP contribution in [0.25, 0.3) is 10.9 Å². The molecule has 4 rings (SSSR count). The lowest BCUT2D eigenvalue weighted by Crippen LogP contribution is -2.39. The van der Waals surface area contributed by atoms with Crippen LogP contribution in [0.4, 0.5) is 24.8 Å². The molecule has 1 aliphatic heterocycles. The Morgan fingerprint density at radius 1 is 1.11 bits per heavy atom. The zero-order valence-electron chi connectivity index (χ0n) is 21.7. The first-order valence-corrected chi connectivity index (χ1v) is 12.3. The van der Waals surface area contributed by atoms with Crippen LogP contribution in [-0.2, 0) is 6.18 Å². The van der Waals surface area contributed by atoms with E-state index in [2.05, 4.69) is 39.0 Å². The Morgan fingerprint density at radius 3 is 2.54 bits per heavy atom. The predicted molar refractivity (Wildman–Crippen MR) is 137 cm³/mol. The average molecular weight is 519 g/mol. The summed E-state index contributed by atoms with van der Waals surface area (Å²) in [5.74, 6) is 1.84. The molecule has 0 bridgehead atoms. The van der Waals surface area contributed by atoms with E-state index in [0.29, 0.717) is 52.7 Å². The van der Waals surface area contributed by atoms with Crippen molar-refractivity contribution < 1.29 is 22.6 Å². The maximum atomic E-state index is 13.3. The quantitative estimate of drug-likeness (QED) is 0.411. The van der Waals surface area contributed by atoms with E-state index in [1.54, 1.807) is 27.0 Å². The zero-order valence-corrected chi connectivity index (χ0v) is 21.7. The molecule has 3 heterocycles. The van der Waals surface area contributed by atoms with Crippen LogP contribution in [0, 0.1) is 6.92 Å². The molecule has 11 heteroatoms. The zero-order chi connectivity index (χ0) is 26.9. The standard InChI is InChI=1S/C26H33F3N6O2/c1-14(2)35-8-6-7-18(35)13-37-23-11-19-21(12-22(23)36-5)32-16(4)33-25(19)31-15(3)20-9-17(26(27,28)29)10-24(30)34-20/h9-12,14-15,18H,6-8,13H2,1-5H3,(H2,30,34)(H,31,32,33)/t15-,18+/m1/s1. The van der Waals surface area contributed by atoms with Gasteiger partial charge in [-0.05, 0) is 65.3 Å². The number of nitrogens with zero attached hydrogens (tertiary/aromatic N) is 4. The molecule has 3 N–H and O–H groups in total. The van der Waals surface area contributed by atoms with Crippen LogP contribution >= 0.6 is 0 Å². The Kier molecular flexibility index (Phi) is 7.63. The molecule has 8 nitrogen and oxygen atoms in total. The van der Waals surface area contributed by atoms with Crippen LogP contribution in [-0.4, -0.2) is 52.2 Å². The number of benzene rings is 1. The second kappa shape index (κ2) is 10.6. The normalized spacial score (nSPS) is 17.4. The van der Waals surface area contributed by atoms with Crippen LogP contribution < -0.4 is 20.5 Å². The molecule has 2 atom stereocenters. The van der Waals surface area contributed by atoms with Crippen LogP contribution in [0.3, 0.4) is 0 Å². The highest BCUT2D eigenvalue weighted by Crippen LogP contribution is 2.37. The van der Waals surface area contributed by atoms with E-state index in [9.17, 15) is 13.2 Å². The lowest BCUT2D eigenvalue weighted by molar-refractivity contribution is -0.137. The molecular weight excluding hydrogens is 485 g/mol. The van der Waals surface area contributed by atoms with Gasteiger partial charge in [0.15, 0.2) is 11.5 Å². The Bertz CT molecular complexity index is 1270. The number of hydrogen-bond donors (Lipinski definition) is 2. The Morgan fingerprint density at radius 2 is 1.86 bits per heavy atom. The summed E-state index contributed by atoms with van der Waals surface area (Å²) in [6, 6.07) is 5.53. The van der Waals surface area contributed by atoms with Crippen molar-refractivity contribution in [1.82, 2.24) is 19.9 Å². The molecule has 200 valence electrons. The van der Waals surface area contributed by atoms with E-state index in [1.165, 1.54) is 0 Å². The lowest BCUT2D eigenvalue weighted by atomic mass is 10.1. The van der Waals surface area contributed by atoms with E-state index in [1.807, 2.05) is 6.07 Å². The number of aromatic nitrogens is 3. The van der Waals surface area contributed by atoms with Crippen molar-refractivity contribution in [2.45, 2.75) is 64.8 Å². The topological polar surface area (TPSA) is 98.4 Å². The highest BCUT2D eigenvalue weighted by Gasteiger charge is 2.32. The largest absolute Gasteiger partial charge is 0.493 e. The fourth-order valence-corrected chi connectivity index (χ4v) is 4.78. The number of hydrogen-bond acceptors (Lipinski definition) is 8. The Hall–Kier alpha value is -3.34. The van der Waals surface area contributed by atoms with Gasteiger partial charge in [0.05, 0.1) is 29.9 Å². The molecule has 1 aromatic carbocycles. The van der Waals surface area contributed by atoms with Gasteiger partial charge in [-0.25, -0.2) is 15.0 Å². The van der Waals surface area contributed by atoms with Crippen molar-refractivity contribution in [3.8, 4) is 11.5 Å². The molecule has 1 aliphatic rings. The van der Waals surface area contributed by atoms with Crippen molar-refractivity contribution in [2.24, 2.45) is 0 Å². The molecule has 37 heavy (non-hydrogen) atoms. The molecule has 1 saturated heterocycles. The molecule has 0 aliphatic carbocycles. The molecule has 0 amide bonds. The van der Waals surface area contributed by atoms with Gasteiger partial charge in [-0.1, -0.05) is 0 Å². The summed E-state index contributed by atoms with van der Waals surface area (Å²) in [5, 5.41) is 3.84. The number of rotatable bonds is 8. The summed E-state index contributed by atoms with van der Waals surface area (Å²) in [6.07, 6.45) is -2.33. The van der Waals surface area contributed by atoms with Crippen molar-refractivity contribution in [3.63, 3.8) is 0 Å². The molecule has 2 aromatic heterocycles. The van der Waals surface area contributed by atoms with Gasteiger partial charge in [-0.3, -0.25) is 4.90 Å². The summed E-state index contributed by atoms with van der Waals surface area (Å²) in [5.41, 5.74) is 5.58. The molecule has 0 saturated carbocycles. The summed E-state index contributed by atoms with van der Waals surface area (Å²) >= 11 is 0. The van der Waals surface area contributed by atoms with Crippen LogP contribution in [0.1, 0.15) is 56.7 Å². The fourth-order valence-electron chi connectivity index (χ4n) is 4.78. The molecule has 0 unspecified atom stereocenters. The maximum Gasteiger partial charge on any atom is 0.416 e. The first-order valence-electron chi connectivity index (χ1n) is 12.3. The minimum atomic E-state index is -4.53. The van der Waals surface area contributed by atoms with Gasteiger partial charge < -0.3 is 20.5 Å². The first-order chi connectivity index (χ1) is 17.5. The third-order valence-electron chi connectivity index (χ3n) is 6.60. The summed E-state index contributed by atoms with van der Waals surface area (Å²) < 4.78 is 51.8. The van der Waals surface area contributed by atoms with Gasteiger partial charge in [-0.2, -0.15) is 13.2 Å². The number of alkyl halides is 3. The van der Waals surface area contributed by atoms with Crippen molar-refractivity contribution in [2.75, 3.05) is 31.3 Å². The third kappa shape index (κ3) is 5.98. The highest BCUT2D eigenvalue weighted by molar-refractivity contribution is 5.92. The molecule has 0 radical (unpaired) electrons. The smallest absolute Gasteiger partial charge is 0.416 e. The number of likely N-dealkylation sites (tertiary alicyclic amines) is 1. The number of nitrogens with two attached hydrogens (primary N) is 1. The monoisotopic (exact) mass is 518 g/mol. The Labute approximate surface area is 214 Å². The molecular formula is C26H33F3N6O2. The van der Waals surface area contributed by atoms with E-state index in [0.717, 1.165) is 31.5 Å². The van der Waals surface area contributed by atoms with E-state index >= 15 is 0 Å². The van der Waals surface area contributed by atoms with Crippen LogP contribution in [0.15, 0.2) is 24.3 Å². The molecule has 1 fully saturated rings. The molecule has 3 aromatic rings. The first kappa shape index (κ1) is 26.7. The second-order valence-corrected chi connectivity index (χ2v) is 9.65. The van der Waals surface area contributed by atoms with Crippen molar-refractivity contribution >= 4 is 22.5 Å². The number of pyridine rings is 1. The number of nitrogen functional groups attached to an aromatic ring is 1. The van der Waals surface area contributed by atoms with Crippen molar-refractivity contribution in [3.05, 3.63) is 41.3 Å². The second-order valence-electron chi connectivity index (χ2n) is 9.65. The van der Waals surface area contributed by atoms with Gasteiger partial charge in [0.2, 0.25) is 0 Å². The van der Waals surface area contributed by atoms with E-state index < -0.39 is 17.8 Å². The number of nitrogens with one attached hydrogen (secondary N) is 1. The predicted octanol–water partition coefficient (Wildman–Crippen LogP) is 5.37. The summed E-state index contributed by atoms with van der Waals surface area (Å²) in [6.45, 7) is 9.37. The van der Waals surface area contributed by atoms with Gasteiger partial charge in [-0.15, -0.1) is 0 Å². The van der Waals surface area contributed by atoms with Crippen LogP contribution in [0.2, 0.25) is 0 Å². The number of fused-ring (bicyclic) bond motifs is 1. The van der Waals surface area contributed by atoms with Gasteiger partial charge in [0, 0.05) is 23.5 Å². The SMILES string of the molecule is COc1cc2nc(C)nc(N[C@H](C)c3cc(C(F)(F)F)cc(N)n3)c2cc1OC[C@@H]1CCCN1C(C)C. The number of ether oxygens (including phenoxy) is 2. The Balaban J connectivity index is 1.65. The van der Waals surface area contributed by atoms with E-state index in [-0.39, 0.29) is 11.5 Å². The van der Waals surface area contributed by atoms with Crippen LogP contribution in [0.5, 0.6) is 11.5 Å². The third-order valence-corrected chi connectivity index (χ3v) is 6.60. The minimum Gasteiger partial charge on any atom is -0.493 e. The minimum absolute atomic E-state index is 0.150. The average Bonchev–Trinajstić information content (AvgIpc) is 3.30. The molecule has 0 spiro atoms. The van der Waals surface area contributed by atoms with Crippen molar-refractivity contribution in [1.29, 1.82) is 0 Å². The number of anilines is 2. The van der Waals surface area contributed by atoms with E-state index in [4.69, 9.17) is 15.2 Å². The number of aryl methyl sites for hydroxylation is 1. The summed E-state index contributed by atoms with van der Waals surface area (Å²) in [7, 11) is 1.57.